The molecule has 0 bridgehead atoms. The molecule has 0 unspecified atom stereocenters. The molecule has 0 saturated heterocycles. The Bertz CT molecular complexity index is 552. The lowest BCUT2D eigenvalue weighted by Crippen LogP contribution is -2.21. The maximum Gasteiger partial charge on any atom is 0.317 e. The number of nitrogens with two attached hydrogens (primary N) is 1. The Kier molecular flexibility index (Phi) is 2.38. The van der Waals surface area contributed by atoms with Gasteiger partial charge in [-0.3, -0.25) is 4.79 Å². The van der Waals surface area contributed by atoms with Gasteiger partial charge in [-0.05, 0) is 25.8 Å². The number of ether oxygens (including phenoxy) is 1. The number of thiazole rings is 1. The van der Waals surface area contributed by atoms with Crippen molar-refractivity contribution in [1.82, 2.24) is 4.98 Å². The van der Waals surface area contributed by atoms with E-state index in [1.807, 2.05) is 13.0 Å². The summed E-state index contributed by atoms with van der Waals surface area (Å²) >= 11 is 3.03. The van der Waals surface area contributed by atoms with Crippen molar-refractivity contribution in [3.05, 3.63) is 10.9 Å². The fourth-order valence-corrected chi connectivity index (χ4v) is 4.16. The van der Waals surface area contributed by atoms with Crippen molar-refractivity contribution in [1.29, 1.82) is 0 Å². The molecular weight excluding hydrogens is 256 g/mol. The van der Waals surface area contributed by atoms with Crippen molar-refractivity contribution in [2.24, 2.45) is 0 Å². The van der Waals surface area contributed by atoms with Gasteiger partial charge in [0.2, 0.25) is 0 Å². The smallest absolute Gasteiger partial charge is 0.317 e. The minimum absolute atomic E-state index is 0.0955. The van der Waals surface area contributed by atoms with Crippen LogP contribution in [0.2, 0.25) is 0 Å². The molecule has 1 fully saturated rings. The van der Waals surface area contributed by atoms with E-state index < -0.39 is 0 Å². The second-order valence-corrected chi connectivity index (χ2v) is 6.23. The summed E-state index contributed by atoms with van der Waals surface area (Å²) < 4.78 is 6.21. The molecule has 0 spiro atoms. The Morgan fingerprint density at radius 2 is 2.35 bits per heavy atom. The third-order valence-electron chi connectivity index (χ3n) is 2.99. The van der Waals surface area contributed by atoms with Crippen LogP contribution in [-0.2, 0) is 14.9 Å². The molecule has 0 amide bonds. The number of carbonyl (C=O) groups is 1. The van der Waals surface area contributed by atoms with Gasteiger partial charge in [0.25, 0.3) is 0 Å². The molecule has 0 atom stereocenters. The molecule has 2 aromatic rings. The van der Waals surface area contributed by atoms with Gasteiger partial charge in [-0.25, -0.2) is 4.98 Å². The summed E-state index contributed by atoms with van der Waals surface area (Å²) in [7, 11) is 0. The highest BCUT2D eigenvalue weighted by molar-refractivity contribution is 7.29. The summed E-state index contributed by atoms with van der Waals surface area (Å²) in [6.07, 6.45) is 1.77. The molecule has 3 rings (SSSR count). The molecule has 0 aliphatic heterocycles. The SMILES string of the molecule is CCOC(=O)C1(c2cc3sc(N)nc3s2)CC1. The summed E-state index contributed by atoms with van der Waals surface area (Å²) in [4.78, 5) is 18.2. The molecule has 1 aliphatic rings. The Balaban J connectivity index is 1.97. The predicted molar refractivity (Wildman–Crippen MR) is 69.5 cm³/mol. The monoisotopic (exact) mass is 268 g/mol. The van der Waals surface area contributed by atoms with Crippen LogP contribution < -0.4 is 5.73 Å². The first-order valence-corrected chi connectivity index (χ1v) is 7.12. The molecule has 4 nitrogen and oxygen atoms in total. The van der Waals surface area contributed by atoms with Crippen molar-refractivity contribution < 1.29 is 9.53 Å². The first-order chi connectivity index (χ1) is 8.15. The zero-order valence-electron chi connectivity index (χ0n) is 9.36. The summed E-state index contributed by atoms with van der Waals surface area (Å²) in [6, 6.07) is 2.04. The normalized spacial score (nSPS) is 17.2. The van der Waals surface area contributed by atoms with Crippen LogP contribution in [0.4, 0.5) is 5.13 Å². The van der Waals surface area contributed by atoms with Crippen LogP contribution in [0, 0.1) is 0 Å². The van der Waals surface area contributed by atoms with Gasteiger partial charge in [-0.15, -0.1) is 11.3 Å². The molecular formula is C11H12N2O2S2. The van der Waals surface area contributed by atoms with Crippen molar-refractivity contribution in [2.75, 3.05) is 12.3 Å². The van der Waals surface area contributed by atoms with Crippen molar-refractivity contribution in [3.8, 4) is 0 Å². The molecule has 1 saturated carbocycles. The van der Waals surface area contributed by atoms with Gasteiger partial charge in [0.05, 0.1) is 11.3 Å². The van der Waals surface area contributed by atoms with E-state index in [-0.39, 0.29) is 11.4 Å². The molecule has 0 radical (unpaired) electrons. The second-order valence-electron chi connectivity index (χ2n) is 4.13. The van der Waals surface area contributed by atoms with Crippen LogP contribution >= 0.6 is 22.7 Å². The molecule has 1 aliphatic carbocycles. The van der Waals surface area contributed by atoms with E-state index in [2.05, 4.69) is 4.98 Å². The third-order valence-corrected chi connectivity index (χ3v) is 5.19. The zero-order chi connectivity index (χ0) is 12.0. The fourth-order valence-electron chi connectivity index (χ4n) is 1.93. The number of esters is 1. The molecule has 2 aromatic heterocycles. The number of nitrogens with zero attached hydrogens (tertiary/aromatic N) is 1. The van der Waals surface area contributed by atoms with E-state index in [0.29, 0.717) is 11.7 Å². The molecule has 0 aromatic carbocycles. The highest BCUT2D eigenvalue weighted by Gasteiger charge is 2.54. The van der Waals surface area contributed by atoms with E-state index in [1.54, 1.807) is 11.3 Å². The third kappa shape index (κ3) is 1.63. The van der Waals surface area contributed by atoms with E-state index in [4.69, 9.17) is 10.5 Å². The van der Waals surface area contributed by atoms with Crippen LogP contribution in [0.15, 0.2) is 6.07 Å². The van der Waals surface area contributed by atoms with Gasteiger partial charge < -0.3 is 10.5 Å². The number of anilines is 1. The number of hydrogen-bond donors (Lipinski definition) is 1. The number of aromatic nitrogens is 1. The van der Waals surface area contributed by atoms with Crippen LogP contribution in [0.3, 0.4) is 0 Å². The molecule has 2 heterocycles. The summed E-state index contributed by atoms with van der Waals surface area (Å²) in [5, 5.41) is 0.582. The summed E-state index contributed by atoms with van der Waals surface area (Å²) in [5.74, 6) is -0.0955. The highest BCUT2D eigenvalue weighted by Crippen LogP contribution is 2.53. The second kappa shape index (κ2) is 3.68. The van der Waals surface area contributed by atoms with Gasteiger partial charge in [0.1, 0.15) is 10.2 Å². The number of nitrogen functional groups attached to an aromatic ring is 1. The van der Waals surface area contributed by atoms with Gasteiger partial charge >= 0.3 is 5.97 Å². The van der Waals surface area contributed by atoms with Gasteiger partial charge in [0, 0.05) is 4.88 Å². The minimum Gasteiger partial charge on any atom is -0.465 e. The Morgan fingerprint density at radius 3 is 2.94 bits per heavy atom. The van der Waals surface area contributed by atoms with E-state index >= 15 is 0 Å². The van der Waals surface area contributed by atoms with Crippen molar-refractivity contribution in [2.45, 2.75) is 25.2 Å². The Labute approximate surface area is 106 Å². The Morgan fingerprint density at radius 1 is 1.59 bits per heavy atom. The number of fused-ring (bicyclic) bond motifs is 1. The summed E-state index contributed by atoms with van der Waals surface area (Å²) in [6.45, 7) is 2.27. The highest BCUT2D eigenvalue weighted by atomic mass is 32.1. The van der Waals surface area contributed by atoms with Crippen LogP contribution in [-0.4, -0.2) is 17.6 Å². The van der Waals surface area contributed by atoms with Gasteiger partial charge in [-0.1, -0.05) is 11.3 Å². The minimum atomic E-state index is -0.379. The van der Waals surface area contributed by atoms with Crippen molar-refractivity contribution >= 4 is 43.3 Å². The maximum atomic E-state index is 11.9. The van der Waals surface area contributed by atoms with Gasteiger partial charge in [0.15, 0.2) is 5.13 Å². The van der Waals surface area contributed by atoms with Crippen molar-refractivity contribution in [3.63, 3.8) is 0 Å². The number of rotatable bonds is 3. The predicted octanol–water partition coefficient (Wildman–Crippen LogP) is 2.53. The van der Waals surface area contributed by atoms with Crippen LogP contribution in [0.5, 0.6) is 0 Å². The molecule has 17 heavy (non-hydrogen) atoms. The average Bonchev–Trinajstić information content (AvgIpc) is 2.89. The lowest BCUT2D eigenvalue weighted by molar-refractivity contribution is -0.146. The number of carbonyl (C=O) groups excluding carboxylic acids is 1. The number of hydrogen-bond acceptors (Lipinski definition) is 6. The average molecular weight is 268 g/mol. The first kappa shape index (κ1) is 11.0. The largest absolute Gasteiger partial charge is 0.465 e. The van der Waals surface area contributed by atoms with E-state index in [9.17, 15) is 4.79 Å². The van der Waals surface area contributed by atoms with E-state index in [0.717, 1.165) is 27.2 Å². The zero-order valence-corrected chi connectivity index (χ0v) is 11.0. The topological polar surface area (TPSA) is 65.2 Å². The summed E-state index contributed by atoms with van der Waals surface area (Å²) in [5.41, 5.74) is 5.26. The standard InChI is InChI=1S/C11H12N2O2S2/c1-2-15-9(14)11(3-4-11)7-5-6-8(17-7)13-10(12)16-6/h5H,2-4H2,1H3,(H2,12,13). The Hall–Kier alpha value is -1.14. The molecule has 90 valence electrons. The molecule has 6 heteroatoms. The lowest BCUT2D eigenvalue weighted by Gasteiger charge is -2.10. The quantitative estimate of drug-likeness (QED) is 0.869. The van der Waals surface area contributed by atoms with E-state index in [1.165, 1.54) is 11.3 Å². The molecule has 2 N–H and O–H groups in total. The maximum absolute atomic E-state index is 11.9. The first-order valence-electron chi connectivity index (χ1n) is 5.49. The fraction of sp³-hybridized carbons (Fsp3) is 0.455. The van der Waals surface area contributed by atoms with Crippen LogP contribution in [0.25, 0.3) is 9.53 Å². The van der Waals surface area contributed by atoms with Crippen LogP contribution in [0.1, 0.15) is 24.6 Å². The van der Waals surface area contributed by atoms with Gasteiger partial charge in [-0.2, -0.15) is 0 Å². The number of thiophene rings is 1. The lowest BCUT2D eigenvalue weighted by atomic mass is 10.1.